The minimum Gasteiger partial charge on any atom is -0.465 e. The first-order valence-corrected chi connectivity index (χ1v) is 10.9. The first-order valence-electron chi connectivity index (χ1n) is 10.9. The molecule has 7 nitrogen and oxygen atoms in total. The van der Waals surface area contributed by atoms with E-state index in [0.717, 1.165) is 30.6 Å². The molecule has 164 valence electrons. The number of likely N-dealkylation sites (tertiary alicyclic amines) is 1. The average Bonchev–Trinajstić information content (AvgIpc) is 3.63. The van der Waals surface area contributed by atoms with Crippen LogP contribution in [0.5, 0.6) is 0 Å². The summed E-state index contributed by atoms with van der Waals surface area (Å²) >= 11 is 0. The molecule has 1 saturated carbocycles. The molecule has 2 aliphatic rings. The summed E-state index contributed by atoms with van der Waals surface area (Å²) in [5.41, 5.74) is 3.72. The number of piperidine rings is 1. The molecule has 1 saturated heterocycles. The van der Waals surface area contributed by atoms with Crippen LogP contribution in [0.2, 0.25) is 0 Å². The van der Waals surface area contributed by atoms with Crippen LogP contribution in [0.25, 0.3) is 11.3 Å². The Kier molecular flexibility index (Phi) is 6.23. The third-order valence-electron chi connectivity index (χ3n) is 6.24. The van der Waals surface area contributed by atoms with Gasteiger partial charge in [-0.25, -0.2) is 4.79 Å². The summed E-state index contributed by atoms with van der Waals surface area (Å²) in [6, 6.07) is 12.8. The van der Waals surface area contributed by atoms with Crippen molar-refractivity contribution in [1.82, 2.24) is 19.7 Å². The van der Waals surface area contributed by atoms with E-state index in [1.165, 1.54) is 23.3 Å². The molecule has 2 fully saturated rings. The molecule has 0 radical (unpaired) electrons. The topological polar surface area (TPSA) is 77.0 Å². The van der Waals surface area contributed by atoms with Crippen molar-refractivity contribution < 1.29 is 14.7 Å². The van der Waals surface area contributed by atoms with Crippen LogP contribution in [-0.4, -0.2) is 76.1 Å². The Bertz CT molecular complexity index is 915. The molecule has 0 atom stereocenters. The van der Waals surface area contributed by atoms with Crippen molar-refractivity contribution in [2.75, 3.05) is 27.2 Å². The van der Waals surface area contributed by atoms with Gasteiger partial charge >= 0.3 is 6.09 Å². The average molecular weight is 423 g/mol. The Morgan fingerprint density at radius 2 is 1.65 bits per heavy atom. The molecular weight excluding hydrogens is 392 g/mol. The summed E-state index contributed by atoms with van der Waals surface area (Å²) < 4.78 is 0. The van der Waals surface area contributed by atoms with Gasteiger partial charge in [0.1, 0.15) is 0 Å². The number of carbonyl (C=O) groups excluding carboxylic acids is 1. The molecule has 2 amide bonds. The number of hydrogen-bond donors (Lipinski definition) is 1. The summed E-state index contributed by atoms with van der Waals surface area (Å²) in [4.78, 5) is 33.5. The number of benzene rings is 1. The highest BCUT2D eigenvalue weighted by atomic mass is 16.4. The van der Waals surface area contributed by atoms with E-state index in [2.05, 4.69) is 16.0 Å². The number of rotatable bonds is 6. The van der Waals surface area contributed by atoms with Gasteiger partial charge in [0.2, 0.25) is 0 Å². The third-order valence-corrected chi connectivity index (χ3v) is 6.24. The molecule has 1 aliphatic carbocycles. The van der Waals surface area contributed by atoms with Gasteiger partial charge in [-0.2, -0.15) is 0 Å². The molecule has 1 aromatic carbocycles. The van der Waals surface area contributed by atoms with Crippen molar-refractivity contribution in [3.63, 3.8) is 0 Å². The summed E-state index contributed by atoms with van der Waals surface area (Å²) in [6.45, 7) is 2.09. The normalized spacial score (nSPS) is 17.1. The summed E-state index contributed by atoms with van der Waals surface area (Å²) in [6.07, 6.45) is 5.37. The largest absolute Gasteiger partial charge is 0.465 e. The van der Waals surface area contributed by atoms with Crippen LogP contribution in [0, 0.1) is 0 Å². The van der Waals surface area contributed by atoms with Crippen molar-refractivity contribution in [2.45, 2.75) is 44.3 Å². The van der Waals surface area contributed by atoms with E-state index in [9.17, 15) is 14.7 Å². The zero-order chi connectivity index (χ0) is 22.0. The highest BCUT2D eigenvalue weighted by molar-refractivity contribution is 5.94. The third kappa shape index (κ3) is 5.05. The fraction of sp³-hybridized carbons (Fsp3) is 0.458. The van der Waals surface area contributed by atoms with E-state index < -0.39 is 6.09 Å². The molecular formula is C24H30N4O3. The monoisotopic (exact) mass is 422 g/mol. The van der Waals surface area contributed by atoms with Crippen LogP contribution >= 0.6 is 0 Å². The van der Waals surface area contributed by atoms with Crippen LogP contribution in [0.1, 0.15) is 41.6 Å². The second-order valence-corrected chi connectivity index (χ2v) is 8.73. The number of nitrogens with zero attached hydrogens (tertiary/aromatic N) is 4. The van der Waals surface area contributed by atoms with Crippen molar-refractivity contribution in [3.8, 4) is 11.3 Å². The minimum atomic E-state index is -0.810. The molecule has 0 bridgehead atoms. The Hall–Kier alpha value is -2.93. The number of aromatic nitrogens is 1. The zero-order valence-corrected chi connectivity index (χ0v) is 18.2. The number of pyridine rings is 1. The molecule has 0 unspecified atom stereocenters. The molecule has 31 heavy (non-hydrogen) atoms. The second-order valence-electron chi connectivity index (χ2n) is 8.73. The zero-order valence-electron chi connectivity index (χ0n) is 18.2. The predicted octanol–water partition coefficient (Wildman–Crippen LogP) is 3.56. The molecule has 2 aromatic rings. The summed E-state index contributed by atoms with van der Waals surface area (Å²) in [5.74, 6) is -0.00999. The van der Waals surface area contributed by atoms with Gasteiger partial charge in [0.25, 0.3) is 5.91 Å². The minimum absolute atomic E-state index is 0.00999. The molecule has 4 rings (SSSR count). The van der Waals surface area contributed by atoms with E-state index >= 15 is 0 Å². The summed E-state index contributed by atoms with van der Waals surface area (Å²) in [5, 5.41) is 9.19. The standard InChI is InChI=1S/C24H30N4O3/c1-26(2)23(29)19-6-4-18(5-7-19)22-10-3-17(15-25-22)16-28(20-8-9-20)21-11-13-27(14-12-21)24(30)31/h3-7,10,15,20-21H,8-9,11-14,16H2,1-2H3,(H,30,31). The number of amides is 2. The molecule has 2 heterocycles. The lowest BCUT2D eigenvalue weighted by Crippen LogP contribution is -2.46. The predicted molar refractivity (Wildman–Crippen MR) is 119 cm³/mol. The molecule has 1 aromatic heterocycles. The fourth-order valence-corrected chi connectivity index (χ4v) is 4.29. The first-order chi connectivity index (χ1) is 14.9. The maximum Gasteiger partial charge on any atom is 0.407 e. The van der Waals surface area contributed by atoms with E-state index in [-0.39, 0.29) is 5.91 Å². The van der Waals surface area contributed by atoms with E-state index in [1.807, 2.05) is 36.5 Å². The van der Waals surface area contributed by atoms with Crippen LogP contribution in [-0.2, 0) is 6.54 Å². The van der Waals surface area contributed by atoms with E-state index in [1.54, 1.807) is 19.0 Å². The highest BCUT2D eigenvalue weighted by Crippen LogP contribution is 2.33. The van der Waals surface area contributed by atoms with E-state index in [4.69, 9.17) is 0 Å². The smallest absolute Gasteiger partial charge is 0.407 e. The van der Waals surface area contributed by atoms with Gasteiger partial charge in [-0.05, 0) is 49.4 Å². The van der Waals surface area contributed by atoms with Crippen LogP contribution in [0.15, 0.2) is 42.6 Å². The van der Waals surface area contributed by atoms with Crippen LogP contribution in [0.3, 0.4) is 0 Å². The Morgan fingerprint density at radius 1 is 1.00 bits per heavy atom. The van der Waals surface area contributed by atoms with Crippen molar-refractivity contribution in [2.24, 2.45) is 0 Å². The van der Waals surface area contributed by atoms with Crippen molar-refractivity contribution in [3.05, 3.63) is 53.7 Å². The maximum absolute atomic E-state index is 12.1. The van der Waals surface area contributed by atoms with Crippen molar-refractivity contribution in [1.29, 1.82) is 0 Å². The van der Waals surface area contributed by atoms with Gasteiger partial charge in [-0.15, -0.1) is 0 Å². The maximum atomic E-state index is 12.1. The van der Waals surface area contributed by atoms with Gasteiger partial charge < -0.3 is 14.9 Å². The quantitative estimate of drug-likeness (QED) is 0.770. The van der Waals surface area contributed by atoms with Crippen LogP contribution in [0.4, 0.5) is 4.79 Å². The lowest BCUT2D eigenvalue weighted by atomic mass is 10.0. The van der Waals surface area contributed by atoms with E-state index in [0.29, 0.717) is 30.7 Å². The molecule has 7 heteroatoms. The molecule has 1 N–H and O–H groups in total. The Morgan fingerprint density at radius 3 is 2.16 bits per heavy atom. The second kappa shape index (κ2) is 9.06. The van der Waals surface area contributed by atoms with Gasteiger partial charge in [0.05, 0.1) is 5.69 Å². The van der Waals surface area contributed by atoms with Crippen molar-refractivity contribution >= 4 is 12.0 Å². The van der Waals surface area contributed by atoms with Gasteiger partial charge in [0.15, 0.2) is 0 Å². The fourth-order valence-electron chi connectivity index (χ4n) is 4.29. The highest BCUT2D eigenvalue weighted by Gasteiger charge is 2.36. The number of carbonyl (C=O) groups is 2. The molecule has 1 aliphatic heterocycles. The Balaban J connectivity index is 1.40. The van der Waals surface area contributed by atoms with Gasteiger partial charge in [0, 0.05) is 63.1 Å². The summed E-state index contributed by atoms with van der Waals surface area (Å²) in [7, 11) is 3.49. The lowest BCUT2D eigenvalue weighted by Gasteiger charge is -2.37. The number of hydrogen-bond acceptors (Lipinski definition) is 4. The van der Waals surface area contributed by atoms with Gasteiger partial charge in [-0.3, -0.25) is 14.7 Å². The first kappa shape index (κ1) is 21.3. The Labute approximate surface area is 183 Å². The number of carboxylic acid groups (broad SMARTS) is 1. The lowest BCUT2D eigenvalue weighted by molar-refractivity contribution is 0.0826. The van der Waals surface area contributed by atoms with Crippen LogP contribution < -0.4 is 0 Å². The molecule has 0 spiro atoms. The SMILES string of the molecule is CN(C)C(=O)c1ccc(-c2ccc(CN(C3CC3)C3CCN(C(=O)O)CC3)cn2)cc1. The van der Waals surface area contributed by atoms with Gasteiger partial charge in [-0.1, -0.05) is 18.2 Å².